The minimum Gasteiger partial charge on any atom is -0.299 e. The maximum absolute atomic E-state index is 13.2. The maximum atomic E-state index is 13.2. The Balaban J connectivity index is 2.90. The SMILES string of the molecule is CCCC(C)C(CCc1cccc(Cl)c1)C(=O)C(C)(C)C(C)I. The minimum absolute atomic E-state index is 0.126. The third-order valence-electron chi connectivity index (χ3n) is 5.03. The first-order chi connectivity index (χ1) is 10.7. The number of alkyl halides is 1. The van der Waals surface area contributed by atoms with E-state index >= 15 is 0 Å². The molecule has 23 heavy (non-hydrogen) atoms. The highest BCUT2D eigenvalue weighted by molar-refractivity contribution is 14.1. The Labute approximate surface area is 160 Å². The first kappa shape index (κ1) is 21.0. The van der Waals surface area contributed by atoms with Crippen LogP contribution in [0.5, 0.6) is 0 Å². The number of hydrogen-bond donors (Lipinski definition) is 0. The van der Waals surface area contributed by atoms with Crippen LogP contribution in [0, 0.1) is 17.3 Å². The van der Waals surface area contributed by atoms with Crippen LogP contribution < -0.4 is 0 Å². The zero-order valence-electron chi connectivity index (χ0n) is 15.0. The van der Waals surface area contributed by atoms with Crippen molar-refractivity contribution >= 4 is 40.0 Å². The predicted molar refractivity (Wildman–Crippen MR) is 110 cm³/mol. The summed E-state index contributed by atoms with van der Waals surface area (Å²) in [6, 6.07) is 8.00. The van der Waals surface area contributed by atoms with E-state index < -0.39 is 0 Å². The Morgan fingerprint density at radius 1 is 1.26 bits per heavy atom. The van der Waals surface area contributed by atoms with Gasteiger partial charge in [-0.1, -0.05) is 93.8 Å². The number of hydrogen-bond acceptors (Lipinski definition) is 1. The van der Waals surface area contributed by atoms with Crippen LogP contribution in [0.25, 0.3) is 0 Å². The van der Waals surface area contributed by atoms with Gasteiger partial charge < -0.3 is 0 Å². The van der Waals surface area contributed by atoms with E-state index in [0.717, 1.165) is 30.7 Å². The van der Waals surface area contributed by atoms with Gasteiger partial charge in [0, 0.05) is 20.3 Å². The summed E-state index contributed by atoms with van der Waals surface area (Å²) < 4.78 is 0.329. The van der Waals surface area contributed by atoms with Crippen LogP contribution in [0.4, 0.5) is 0 Å². The topological polar surface area (TPSA) is 17.1 Å². The first-order valence-electron chi connectivity index (χ1n) is 8.63. The lowest BCUT2D eigenvalue weighted by molar-refractivity contribution is -0.132. The average Bonchev–Trinajstić information content (AvgIpc) is 2.47. The standard InChI is InChI=1S/C20H30ClIO/c1-6-8-14(2)18(19(23)20(4,5)15(3)22)12-11-16-9-7-10-17(21)13-16/h7,9-10,13-15,18H,6,8,11-12H2,1-5H3. The number of carbonyl (C=O) groups is 1. The highest BCUT2D eigenvalue weighted by atomic mass is 127. The summed E-state index contributed by atoms with van der Waals surface area (Å²) in [5.74, 6) is 0.977. The first-order valence-corrected chi connectivity index (χ1v) is 10.2. The zero-order chi connectivity index (χ0) is 17.6. The van der Waals surface area contributed by atoms with Gasteiger partial charge in [0.1, 0.15) is 5.78 Å². The highest BCUT2D eigenvalue weighted by Gasteiger charge is 2.38. The quantitative estimate of drug-likeness (QED) is 0.302. The molecule has 0 aromatic heterocycles. The molecule has 1 rings (SSSR count). The van der Waals surface area contributed by atoms with Gasteiger partial charge in [-0.2, -0.15) is 0 Å². The fourth-order valence-corrected chi connectivity index (χ4v) is 3.54. The molecule has 0 saturated carbocycles. The second kappa shape index (κ2) is 9.41. The van der Waals surface area contributed by atoms with Crippen molar-refractivity contribution in [2.45, 2.75) is 64.2 Å². The fourth-order valence-electron chi connectivity index (χ4n) is 3.02. The largest absolute Gasteiger partial charge is 0.299 e. The van der Waals surface area contributed by atoms with E-state index in [9.17, 15) is 4.79 Å². The van der Waals surface area contributed by atoms with Gasteiger partial charge in [-0.15, -0.1) is 0 Å². The van der Waals surface area contributed by atoms with Crippen molar-refractivity contribution < 1.29 is 4.79 Å². The Morgan fingerprint density at radius 2 is 1.91 bits per heavy atom. The molecule has 130 valence electrons. The predicted octanol–water partition coefficient (Wildman–Crippen LogP) is 6.74. The summed E-state index contributed by atoms with van der Waals surface area (Å²) in [6.07, 6.45) is 4.06. The number of Topliss-reactive ketones (excluding diaryl/α,β-unsaturated/α-hetero) is 1. The molecule has 1 aromatic carbocycles. The summed E-state index contributed by atoms with van der Waals surface area (Å²) in [4.78, 5) is 13.2. The van der Waals surface area contributed by atoms with Crippen molar-refractivity contribution in [1.82, 2.24) is 0 Å². The lowest BCUT2D eigenvalue weighted by Gasteiger charge is -2.33. The molecule has 0 N–H and O–H groups in total. The van der Waals surface area contributed by atoms with Gasteiger partial charge in [0.2, 0.25) is 0 Å². The van der Waals surface area contributed by atoms with Gasteiger partial charge in [0.15, 0.2) is 0 Å². The second-order valence-corrected chi connectivity index (χ2v) is 9.55. The zero-order valence-corrected chi connectivity index (χ0v) is 17.9. The Hall–Kier alpha value is -0.0900. The van der Waals surface area contributed by atoms with Crippen LogP contribution in [0.1, 0.15) is 59.4 Å². The van der Waals surface area contributed by atoms with Crippen LogP contribution in [0.15, 0.2) is 24.3 Å². The molecule has 0 amide bonds. The summed E-state index contributed by atoms with van der Waals surface area (Å²) >= 11 is 8.47. The van der Waals surface area contributed by atoms with E-state index in [1.54, 1.807) is 0 Å². The van der Waals surface area contributed by atoms with E-state index in [0.29, 0.717) is 15.6 Å². The fraction of sp³-hybridized carbons (Fsp3) is 0.650. The van der Waals surface area contributed by atoms with E-state index in [2.05, 4.69) is 63.3 Å². The van der Waals surface area contributed by atoms with Gasteiger partial charge in [0.25, 0.3) is 0 Å². The third-order valence-corrected chi connectivity index (χ3v) is 6.82. The number of carbonyl (C=O) groups excluding carboxylic acids is 1. The van der Waals surface area contributed by atoms with Crippen LogP contribution in [0.2, 0.25) is 5.02 Å². The van der Waals surface area contributed by atoms with Crippen LogP contribution in [0.3, 0.4) is 0 Å². The van der Waals surface area contributed by atoms with Crippen molar-refractivity contribution in [3.05, 3.63) is 34.9 Å². The normalized spacial score (nSPS) is 16.0. The summed E-state index contributed by atoms with van der Waals surface area (Å²) in [7, 11) is 0. The third kappa shape index (κ3) is 6.04. The van der Waals surface area contributed by atoms with E-state index in [-0.39, 0.29) is 11.3 Å². The van der Waals surface area contributed by atoms with Crippen molar-refractivity contribution in [2.75, 3.05) is 0 Å². The molecule has 0 aliphatic heterocycles. The van der Waals surface area contributed by atoms with Gasteiger partial charge in [0.05, 0.1) is 0 Å². The molecule has 3 unspecified atom stereocenters. The average molecular weight is 449 g/mol. The molecule has 0 aliphatic rings. The van der Waals surface area contributed by atoms with Crippen molar-refractivity contribution in [2.24, 2.45) is 17.3 Å². The van der Waals surface area contributed by atoms with Crippen LogP contribution in [-0.2, 0) is 11.2 Å². The molecule has 0 fully saturated rings. The molecule has 1 aromatic rings. The second-order valence-electron chi connectivity index (χ2n) is 7.24. The molecule has 0 aliphatic carbocycles. The van der Waals surface area contributed by atoms with E-state index in [4.69, 9.17) is 11.6 Å². The van der Waals surface area contributed by atoms with E-state index in [1.165, 1.54) is 5.56 Å². The Morgan fingerprint density at radius 3 is 2.43 bits per heavy atom. The number of ketones is 1. The van der Waals surface area contributed by atoms with Crippen LogP contribution in [-0.4, -0.2) is 9.71 Å². The molecule has 0 spiro atoms. The van der Waals surface area contributed by atoms with E-state index in [1.807, 2.05) is 18.2 Å². The summed E-state index contributed by atoms with van der Waals surface area (Å²) in [5.41, 5.74) is 0.945. The molecule has 3 atom stereocenters. The highest BCUT2D eigenvalue weighted by Crippen LogP contribution is 2.36. The monoisotopic (exact) mass is 448 g/mol. The van der Waals surface area contributed by atoms with Gasteiger partial charge in [-0.3, -0.25) is 4.79 Å². The molecule has 3 heteroatoms. The molecular weight excluding hydrogens is 419 g/mol. The number of rotatable bonds is 9. The summed E-state index contributed by atoms with van der Waals surface area (Å²) in [6.45, 7) is 10.8. The van der Waals surface area contributed by atoms with Gasteiger partial charge in [-0.05, 0) is 36.5 Å². The molecular formula is C20H30ClIO. The van der Waals surface area contributed by atoms with Crippen molar-refractivity contribution in [3.63, 3.8) is 0 Å². The molecule has 0 bridgehead atoms. The lowest BCUT2D eigenvalue weighted by atomic mass is 9.72. The number of aryl methyl sites for hydroxylation is 1. The van der Waals surface area contributed by atoms with Crippen molar-refractivity contribution in [3.8, 4) is 0 Å². The Kier molecular flexibility index (Phi) is 8.57. The van der Waals surface area contributed by atoms with Crippen molar-refractivity contribution in [1.29, 1.82) is 0 Å². The lowest BCUT2D eigenvalue weighted by Crippen LogP contribution is -2.39. The number of benzene rings is 1. The number of halogens is 2. The minimum atomic E-state index is -0.276. The molecule has 0 heterocycles. The Bertz CT molecular complexity index is 510. The molecule has 0 saturated heterocycles. The summed E-state index contributed by atoms with van der Waals surface area (Å²) in [5, 5.41) is 0.771. The van der Waals surface area contributed by atoms with Gasteiger partial charge in [-0.25, -0.2) is 0 Å². The smallest absolute Gasteiger partial charge is 0.142 e. The maximum Gasteiger partial charge on any atom is 0.142 e. The van der Waals surface area contributed by atoms with Crippen LogP contribution >= 0.6 is 34.2 Å². The molecule has 1 nitrogen and oxygen atoms in total. The molecule has 0 radical (unpaired) electrons. The van der Waals surface area contributed by atoms with Gasteiger partial charge >= 0.3 is 0 Å².